The number of hydrogen-bond donors (Lipinski definition) is 1. The van der Waals surface area contributed by atoms with Gasteiger partial charge in [-0.2, -0.15) is 0 Å². The Bertz CT molecular complexity index is 402. The van der Waals surface area contributed by atoms with E-state index in [0.717, 1.165) is 13.0 Å². The standard InChI is InChI=1S/C11H21N5O2/c1-5-7-16-9(12-13-14-16)8-15(6-2)11(3,4)10(17)18/h5-8H2,1-4H3,(H,17,18). The average Bonchev–Trinajstić information content (AvgIpc) is 2.73. The third-order valence-corrected chi connectivity index (χ3v) is 3.07. The van der Waals surface area contributed by atoms with E-state index in [1.54, 1.807) is 18.5 Å². The van der Waals surface area contributed by atoms with Gasteiger partial charge in [0.05, 0.1) is 6.54 Å². The zero-order valence-electron chi connectivity index (χ0n) is 11.4. The molecule has 0 aromatic carbocycles. The molecule has 18 heavy (non-hydrogen) atoms. The Morgan fingerprint density at radius 3 is 2.61 bits per heavy atom. The highest BCUT2D eigenvalue weighted by Gasteiger charge is 2.34. The van der Waals surface area contributed by atoms with E-state index in [1.165, 1.54) is 0 Å². The molecule has 102 valence electrons. The summed E-state index contributed by atoms with van der Waals surface area (Å²) in [5, 5.41) is 20.8. The van der Waals surface area contributed by atoms with Crippen molar-refractivity contribution < 1.29 is 9.90 Å². The first-order chi connectivity index (χ1) is 8.43. The molecule has 0 aliphatic carbocycles. The van der Waals surface area contributed by atoms with Crippen molar-refractivity contribution in [2.45, 2.75) is 52.7 Å². The van der Waals surface area contributed by atoms with Gasteiger partial charge in [0, 0.05) is 6.54 Å². The van der Waals surface area contributed by atoms with Gasteiger partial charge in [0.2, 0.25) is 0 Å². The van der Waals surface area contributed by atoms with Gasteiger partial charge in [0.1, 0.15) is 5.54 Å². The second-order valence-electron chi connectivity index (χ2n) is 4.70. The molecule has 1 heterocycles. The van der Waals surface area contributed by atoms with Crippen molar-refractivity contribution >= 4 is 5.97 Å². The highest BCUT2D eigenvalue weighted by molar-refractivity contribution is 5.77. The lowest BCUT2D eigenvalue weighted by Gasteiger charge is -2.33. The molecule has 0 unspecified atom stereocenters. The molecule has 1 rings (SSSR count). The van der Waals surface area contributed by atoms with Gasteiger partial charge in [-0.05, 0) is 37.2 Å². The Morgan fingerprint density at radius 1 is 1.44 bits per heavy atom. The molecule has 0 fully saturated rings. The lowest BCUT2D eigenvalue weighted by atomic mass is 10.0. The minimum Gasteiger partial charge on any atom is -0.480 e. The second kappa shape index (κ2) is 5.90. The van der Waals surface area contributed by atoms with Crippen LogP contribution in [0.4, 0.5) is 0 Å². The number of likely N-dealkylation sites (N-methyl/N-ethyl adjacent to an activating group) is 1. The van der Waals surface area contributed by atoms with Gasteiger partial charge in [-0.25, -0.2) is 4.68 Å². The number of carbonyl (C=O) groups is 1. The van der Waals surface area contributed by atoms with Crippen LogP contribution in [0.1, 0.15) is 39.9 Å². The van der Waals surface area contributed by atoms with Crippen LogP contribution in [0.25, 0.3) is 0 Å². The number of hydrogen-bond acceptors (Lipinski definition) is 5. The zero-order chi connectivity index (χ0) is 13.8. The normalized spacial score (nSPS) is 12.1. The first-order valence-electron chi connectivity index (χ1n) is 6.17. The predicted octanol–water partition coefficient (Wildman–Crippen LogP) is 0.768. The number of carboxylic acids is 1. The molecule has 0 aliphatic rings. The topological polar surface area (TPSA) is 84.1 Å². The van der Waals surface area contributed by atoms with E-state index in [2.05, 4.69) is 15.5 Å². The van der Waals surface area contributed by atoms with Crippen molar-refractivity contribution in [2.75, 3.05) is 6.54 Å². The summed E-state index contributed by atoms with van der Waals surface area (Å²) < 4.78 is 1.72. The number of rotatable bonds is 7. The number of aromatic nitrogens is 4. The maximum atomic E-state index is 11.3. The summed E-state index contributed by atoms with van der Waals surface area (Å²) in [5.41, 5.74) is -0.933. The Labute approximate surface area is 107 Å². The minimum atomic E-state index is -0.933. The fraction of sp³-hybridized carbons (Fsp3) is 0.818. The molecule has 7 nitrogen and oxygen atoms in total. The number of nitrogens with zero attached hydrogens (tertiary/aromatic N) is 5. The van der Waals surface area contributed by atoms with Gasteiger partial charge in [-0.1, -0.05) is 13.8 Å². The maximum Gasteiger partial charge on any atom is 0.323 e. The first-order valence-corrected chi connectivity index (χ1v) is 6.17. The molecule has 0 atom stereocenters. The highest BCUT2D eigenvalue weighted by Crippen LogP contribution is 2.17. The van der Waals surface area contributed by atoms with E-state index in [0.29, 0.717) is 18.9 Å². The van der Waals surface area contributed by atoms with Crippen LogP contribution in [0, 0.1) is 0 Å². The van der Waals surface area contributed by atoms with E-state index in [9.17, 15) is 9.90 Å². The molecule has 1 aromatic heterocycles. The smallest absolute Gasteiger partial charge is 0.323 e. The van der Waals surface area contributed by atoms with Crippen molar-refractivity contribution in [3.05, 3.63) is 5.82 Å². The zero-order valence-corrected chi connectivity index (χ0v) is 11.4. The highest BCUT2D eigenvalue weighted by atomic mass is 16.4. The SMILES string of the molecule is CCCn1nnnc1CN(CC)C(C)(C)C(=O)O. The quantitative estimate of drug-likeness (QED) is 0.774. The summed E-state index contributed by atoms with van der Waals surface area (Å²) >= 11 is 0. The van der Waals surface area contributed by atoms with Gasteiger partial charge >= 0.3 is 5.97 Å². The lowest BCUT2D eigenvalue weighted by molar-refractivity contribution is -0.149. The number of carboxylic acid groups (broad SMARTS) is 1. The number of aryl methyl sites for hydroxylation is 1. The van der Waals surface area contributed by atoms with E-state index < -0.39 is 11.5 Å². The van der Waals surface area contributed by atoms with Crippen LogP contribution in [0.3, 0.4) is 0 Å². The molecule has 1 aromatic rings. The van der Waals surface area contributed by atoms with Crippen LogP contribution in [0.15, 0.2) is 0 Å². The molecule has 0 amide bonds. The fourth-order valence-corrected chi connectivity index (χ4v) is 1.73. The maximum absolute atomic E-state index is 11.3. The number of aliphatic carboxylic acids is 1. The van der Waals surface area contributed by atoms with Gasteiger partial charge in [-0.3, -0.25) is 9.69 Å². The molecule has 0 saturated carbocycles. The van der Waals surface area contributed by atoms with Crippen molar-refractivity contribution in [2.24, 2.45) is 0 Å². The molecule has 7 heteroatoms. The van der Waals surface area contributed by atoms with Gasteiger partial charge in [0.15, 0.2) is 5.82 Å². The summed E-state index contributed by atoms with van der Waals surface area (Å²) in [6.07, 6.45) is 0.937. The Morgan fingerprint density at radius 2 is 2.11 bits per heavy atom. The van der Waals surface area contributed by atoms with E-state index in [4.69, 9.17) is 0 Å². The lowest BCUT2D eigenvalue weighted by Crippen LogP contribution is -2.49. The third kappa shape index (κ3) is 3.04. The van der Waals surface area contributed by atoms with Crippen molar-refractivity contribution in [1.29, 1.82) is 0 Å². The summed E-state index contributed by atoms with van der Waals surface area (Å²) in [4.78, 5) is 13.1. The van der Waals surface area contributed by atoms with Crippen LogP contribution in [-0.4, -0.2) is 48.3 Å². The monoisotopic (exact) mass is 255 g/mol. The van der Waals surface area contributed by atoms with Crippen LogP contribution in [-0.2, 0) is 17.9 Å². The first kappa shape index (κ1) is 14.6. The van der Waals surface area contributed by atoms with E-state index in [-0.39, 0.29) is 0 Å². The van der Waals surface area contributed by atoms with Gasteiger partial charge < -0.3 is 5.11 Å². The molecule has 1 N–H and O–H groups in total. The van der Waals surface area contributed by atoms with Crippen LogP contribution < -0.4 is 0 Å². The third-order valence-electron chi connectivity index (χ3n) is 3.07. The van der Waals surface area contributed by atoms with E-state index >= 15 is 0 Å². The van der Waals surface area contributed by atoms with E-state index in [1.807, 2.05) is 18.7 Å². The van der Waals surface area contributed by atoms with Crippen LogP contribution in [0.5, 0.6) is 0 Å². The second-order valence-corrected chi connectivity index (χ2v) is 4.70. The summed E-state index contributed by atoms with van der Waals surface area (Å²) in [6.45, 7) is 9.15. The molecule has 0 radical (unpaired) electrons. The van der Waals surface area contributed by atoms with Gasteiger partial charge in [-0.15, -0.1) is 5.10 Å². The van der Waals surface area contributed by atoms with Crippen LogP contribution >= 0.6 is 0 Å². The molecule has 0 saturated heterocycles. The van der Waals surface area contributed by atoms with Crippen LogP contribution in [0.2, 0.25) is 0 Å². The average molecular weight is 255 g/mol. The molecule has 0 bridgehead atoms. The fourth-order valence-electron chi connectivity index (χ4n) is 1.73. The van der Waals surface area contributed by atoms with Crippen molar-refractivity contribution in [3.8, 4) is 0 Å². The van der Waals surface area contributed by atoms with Crippen molar-refractivity contribution in [1.82, 2.24) is 25.1 Å². The summed E-state index contributed by atoms with van der Waals surface area (Å²) in [6, 6.07) is 0. The molecular formula is C11H21N5O2. The minimum absolute atomic E-state index is 0.433. The molecule has 0 spiro atoms. The molecular weight excluding hydrogens is 234 g/mol. The van der Waals surface area contributed by atoms with Gasteiger partial charge in [0.25, 0.3) is 0 Å². The predicted molar refractivity (Wildman–Crippen MR) is 65.9 cm³/mol. The Hall–Kier alpha value is -1.50. The number of tetrazole rings is 1. The van der Waals surface area contributed by atoms with Crippen molar-refractivity contribution in [3.63, 3.8) is 0 Å². The Balaban J connectivity index is 2.86. The summed E-state index contributed by atoms with van der Waals surface area (Å²) in [5.74, 6) is -0.146. The largest absolute Gasteiger partial charge is 0.480 e. The molecule has 0 aliphatic heterocycles. The summed E-state index contributed by atoms with van der Waals surface area (Å²) in [7, 11) is 0. The Kier molecular flexibility index (Phi) is 4.77.